The van der Waals surface area contributed by atoms with Gasteiger partial charge in [-0.15, -0.1) is 0 Å². The average Bonchev–Trinajstić information content (AvgIpc) is 2.61. The third kappa shape index (κ3) is 3.49. The van der Waals surface area contributed by atoms with Crippen LogP contribution >= 0.6 is 0 Å². The molecule has 0 spiro atoms. The Balaban J connectivity index is 1.92. The molecule has 1 N–H and O–H groups in total. The standard InChI is InChI=1S/C18H20N2O3S/c1-19-24(22,23)13-18(21)20-11-15-9-5-6-10-16(15)17(12-20)14-7-3-2-4-8-14/h2-10,17,19H,11-13H2,1H3/t17-/m0/s1. The van der Waals surface area contributed by atoms with Crippen molar-refractivity contribution in [3.8, 4) is 0 Å². The number of fused-ring (bicyclic) bond motifs is 1. The van der Waals surface area contributed by atoms with Gasteiger partial charge in [0.1, 0.15) is 5.75 Å². The third-order valence-corrected chi connectivity index (χ3v) is 5.62. The zero-order valence-corrected chi connectivity index (χ0v) is 14.3. The molecule has 0 unspecified atom stereocenters. The molecule has 0 radical (unpaired) electrons. The summed E-state index contributed by atoms with van der Waals surface area (Å²) < 4.78 is 25.6. The summed E-state index contributed by atoms with van der Waals surface area (Å²) in [4.78, 5) is 14.1. The molecule has 1 heterocycles. The lowest BCUT2D eigenvalue weighted by atomic mass is 9.85. The molecule has 126 valence electrons. The first-order chi connectivity index (χ1) is 11.5. The van der Waals surface area contributed by atoms with E-state index in [0.717, 1.165) is 11.1 Å². The van der Waals surface area contributed by atoms with Gasteiger partial charge in [-0.3, -0.25) is 4.79 Å². The van der Waals surface area contributed by atoms with Gasteiger partial charge in [0.15, 0.2) is 0 Å². The zero-order chi connectivity index (χ0) is 17.2. The van der Waals surface area contributed by atoms with Crippen molar-refractivity contribution in [2.45, 2.75) is 12.5 Å². The van der Waals surface area contributed by atoms with Gasteiger partial charge in [-0.25, -0.2) is 13.1 Å². The van der Waals surface area contributed by atoms with E-state index in [4.69, 9.17) is 0 Å². The Hall–Kier alpha value is -2.18. The number of sulfonamides is 1. The van der Waals surface area contributed by atoms with Gasteiger partial charge in [0, 0.05) is 19.0 Å². The normalized spacial score (nSPS) is 17.4. The number of benzene rings is 2. The summed E-state index contributed by atoms with van der Waals surface area (Å²) in [5.74, 6) is -0.843. The van der Waals surface area contributed by atoms with E-state index in [0.29, 0.717) is 13.1 Å². The molecule has 0 saturated carbocycles. The Labute approximate surface area is 142 Å². The highest BCUT2D eigenvalue weighted by atomic mass is 32.2. The summed E-state index contributed by atoms with van der Waals surface area (Å²) >= 11 is 0. The van der Waals surface area contributed by atoms with Gasteiger partial charge in [0.25, 0.3) is 0 Å². The molecule has 3 rings (SSSR count). The number of carbonyl (C=O) groups is 1. The van der Waals surface area contributed by atoms with Crippen molar-refractivity contribution in [2.24, 2.45) is 0 Å². The maximum absolute atomic E-state index is 12.5. The zero-order valence-electron chi connectivity index (χ0n) is 13.5. The number of nitrogens with one attached hydrogen (secondary N) is 1. The molecule has 6 heteroatoms. The van der Waals surface area contributed by atoms with E-state index in [1.54, 1.807) is 4.90 Å². The molecular formula is C18H20N2O3S. The lowest BCUT2D eigenvalue weighted by Gasteiger charge is -2.35. The van der Waals surface area contributed by atoms with Crippen LogP contribution in [0, 0.1) is 0 Å². The van der Waals surface area contributed by atoms with Gasteiger partial charge in [-0.1, -0.05) is 54.6 Å². The van der Waals surface area contributed by atoms with Gasteiger partial charge in [0.05, 0.1) is 0 Å². The number of rotatable bonds is 4. The van der Waals surface area contributed by atoms with Crippen molar-refractivity contribution in [1.82, 2.24) is 9.62 Å². The van der Waals surface area contributed by atoms with E-state index in [-0.39, 0.29) is 11.8 Å². The van der Waals surface area contributed by atoms with Crippen LogP contribution in [0.5, 0.6) is 0 Å². The van der Waals surface area contributed by atoms with Gasteiger partial charge in [0.2, 0.25) is 15.9 Å². The molecule has 1 atom stereocenters. The fraction of sp³-hybridized carbons (Fsp3) is 0.278. The summed E-state index contributed by atoms with van der Waals surface area (Å²) in [7, 11) is -2.25. The van der Waals surface area contributed by atoms with Crippen molar-refractivity contribution in [3.05, 3.63) is 71.3 Å². The van der Waals surface area contributed by atoms with E-state index < -0.39 is 15.8 Å². The topological polar surface area (TPSA) is 66.5 Å². The molecule has 0 aromatic heterocycles. The van der Waals surface area contributed by atoms with E-state index in [2.05, 4.69) is 10.8 Å². The van der Waals surface area contributed by atoms with E-state index in [9.17, 15) is 13.2 Å². The second kappa shape index (κ2) is 6.75. The first-order valence-corrected chi connectivity index (χ1v) is 9.47. The molecule has 0 fully saturated rings. The van der Waals surface area contributed by atoms with Crippen LogP contribution in [0.4, 0.5) is 0 Å². The molecule has 0 aliphatic carbocycles. The molecule has 2 aromatic rings. The summed E-state index contributed by atoms with van der Waals surface area (Å²) in [6.45, 7) is 0.927. The highest BCUT2D eigenvalue weighted by molar-refractivity contribution is 7.90. The maximum Gasteiger partial charge on any atom is 0.239 e. The Morgan fingerprint density at radius 2 is 1.79 bits per heavy atom. The van der Waals surface area contributed by atoms with Crippen LogP contribution in [-0.2, 0) is 21.4 Å². The molecule has 0 saturated heterocycles. The molecular weight excluding hydrogens is 324 g/mol. The van der Waals surface area contributed by atoms with E-state index in [1.165, 1.54) is 12.6 Å². The highest BCUT2D eigenvalue weighted by Crippen LogP contribution is 2.33. The van der Waals surface area contributed by atoms with E-state index >= 15 is 0 Å². The molecule has 24 heavy (non-hydrogen) atoms. The number of hydrogen-bond donors (Lipinski definition) is 1. The van der Waals surface area contributed by atoms with Crippen molar-refractivity contribution >= 4 is 15.9 Å². The lowest BCUT2D eigenvalue weighted by Crippen LogP contribution is -2.43. The molecule has 1 amide bonds. The Kier molecular flexibility index (Phi) is 4.69. The first kappa shape index (κ1) is 16.7. The predicted octanol–water partition coefficient (Wildman–Crippen LogP) is 1.71. The minimum absolute atomic E-state index is 0.0531. The van der Waals surface area contributed by atoms with Crippen molar-refractivity contribution in [3.63, 3.8) is 0 Å². The average molecular weight is 344 g/mol. The second-order valence-electron chi connectivity index (χ2n) is 5.90. The number of carbonyl (C=O) groups excluding carboxylic acids is 1. The number of hydrogen-bond acceptors (Lipinski definition) is 3. The lowest BCUT2D eigenvalue weighted by molar-refractivity contribution is -0.129. The fourth-order valence-corrected chi connectivity index (χ4v) is 3.75. The van der Waals surface area contributed by atoms with Crippen LogP contribution < -0.4 is 4.72 Å². The minimum Gasteiger partial charge on any atom is -0.336 e. The largest absolute Gasteiger partial charge is 0.336 e. The quantitative estimate of drug-likeness (QED) is 0.918. The number of amides is 1. The predicted molar refractivity (Wildman–Crippen MR) is 93.0 cm³/mol. The summed E-state index contributed by atoms with van der Waals surface area (Å²) in [5, 5.41) is 0. The van der Waals surface area contributed by atoms with Gasteiger partial charge in [-0.2, -0.15) is 0 Å². The molecule has 1 aliphatic heterocycles. The monoisotopic (exact) mass is 344 g/mol. The summed E-state index contributed by atoms with van der Waals surface area (Å²) in [6.07, 6.45) is 0. The molecule has 5 nitrogen and oxygen atoms in total. The van der Waals surface area contributed by atoms with Crippen LogP contribution in [-0.4, -0.2) is 38.6 Å². The van der Waals surface area contributed by atoms with Gasteiger partial charge < -0.3 is 4.90 Å². The van der Waals surface area contributed by atoms with Crippen LogP contribution in [0.3, 0.4) is 0 Å². The van der Waals surface area contributed by atoms with Crippen LogP contribution in [0.15, 0.2) is 54.6 Å². The molecule has 0 bridgehead atoms. The Bertz CT molecular complexity index is 834. The Morgan fingerprint density at radius 1 is 1.12 bits per heavy atom. The summed E-state index contributed by atoms with van der Waals surface area (Å²) in [6, 6.07) is 18.0. The molecule has 2 aromatic carbocycles. The third-order valence-electron chi connectivity index (χ3n) is 4.37. The van der Waals surface area contributed by atoms with Crippen LogP contribution in [0.25, 0.3) is 0 Å². The van der Waals surface area contributed by atoms with E-state index in [1.807, 2.05) is 48.5 Å². The Morgan fingerprint density at radius 3 is 2.50 bits per heavy atom. The van der Waals surface area contributed by atoms with Crippen molar-refractivity contribution in [2.75, 3.05) is 19.3 Å². The first-order valence-electron chi connectivity index (χ1n) is 7.82. The number of nitrogens with zero attached hydrogens (tertiary/aromatic N) is 1. The van der Waals surface area contributed by atoms with Gasteiger partial charge >= 0.3 is 0 Å². The van der Waals surface area contributed by atoms with Crippen molar-refractivity contribution in [1.29, 1.82) is 0 Å². The molecule has 1 aliphatic rings. The fourth-order valence-electron chi connectivity index (χ4n) is 3.09. The van der Waals surface area contributed by atoms with Gasteiger partial charge in [-0.05, 0) is 23.7 Å². The maximum atomic E-state index is 12.5. The summed E-state index contributed by atoms with van der Waals surface area (Å²) in [5.41, 5.74) is 3.39. The SMILES string of the molecule is CNS(=O)(=O)CC(=O)N1Cc2ccccc2[C@H](c2ccccc2)C1. The minimum atomic E-state index is -3.57. The second-order valence-corrected chi connectivity index (χ2v) is 7.83. The smallest absolute Gasteiger partial charge is 0.239 e. The highest BCUT2D eigenvalue weighted by Gasteiger charge is 2.30. The van der Waals surface area contributed by atoms with Crippen LogP contribution in [0.2, 0.25) is 0 Å². The van der Waals surface area contributed by atoms with Crippen LogP contribution in [0.1, 0.15) is 22.6 Å². The van der Waals surface area contributed by atoms with Crippen molar-refractivity contribution < 1.29 is 13.2 Å².